The highest BCUT2D eigenvalue weighted by Gasteiger charge is 2.14. The summed E-state index contributed by atoms with van der Waals surface area (Å²) in [6, 6.07) is 7.40. The molecule has 0 saturated carbocycles. The summed E-state index contributed by atoms with van der Waals surface area (Å²) in [4.78, 5) is 2.39. The molecular weight excluding hydrogens is 234 g/mol. The highest BCUT2D eigenvalue weighted by molar-refractivity contribution is 5.76. The Balaban J connectivity index is 2.02. The Kier molecular flexibility index (Phi) is 4.59. The fraction of sp³-hybridized carbons (Fsp3) is 0.562. The fourth-order valence-electron chi connectivity index (χ4n) is 2.74. The van der Waals surface area contributed by atoms with Gasteiger partial charge in [0.25, 0.3) is 0 Å². The summed E-state index contributed by atoms with van der Waals surface area (Å²) >= 11 is 0. The van der Waals surface area contributed by atoms with Crippen LogP contribution in [0.5, 0.6) is 0 Å². The lowest BCUT2D eigenvalue weighted by Crippen LogP contribution is -2.33. The van der Waals surface area contributed by atoms with E-state index in [4.69, 9.17) is 11.1 Å². The topological polar surface area (TPSA) is 53.1 Å². The highest BCUT2D eigenvalue weighted by Crippen LogP contribution is 2.23. The summed E-state index contributed by atoms with van der Waals surface area (Å²) in [5.74, 6) is 0.277. The van der Waals surface area contributed by atoms with Crippen LogP contribution in [0.4, 0.5) is 0 Å². The zero-order valence-corrected chi connectivity index (χ0v) is 12.1. The van der Waals surface area contributed by atoms with E-state index in [0.29, 0.717) is 12.5 Å². The maximum atomic E-state index is 7.36. The summed E-state index contributed by atoms with van der Waals surface area (Å²) in [6.07, 6.45) is 4.44. The lowest BCUT2D eigenvalue weighted by Gasteiger charge is -2.26. The third-order valence-corrected chi connectivity index (χ3v) is 3.95. The molecule has 2 rings (SSSR count). The molecule has 1 aliphatic rings. The molecule has 3 heteroatoms. The lowest BCUT2D eigenvalue weighted by molar-refractivity contribution is 0.219. The van der Waals surface area contributed by atoms with Crippen molar-refractivity contribution >= 4 is 5.84 Å². The van der Waals surface area contributed by atoms with Crippen molar-refractivity contribution in [1.29, 1.82) is 5.41 Å². The molecule has 3 N–H and O–H groups in total. The van der Waals surface area contributed by atoms with Gasteiger partial charge >= 0.3 is 0 Å². The van der Waals surface area contributed by atoms with E-state index in [-0.39, 0.29) is 5.84 Å². The monoisotopic (exact) mass is 259 g/mol. The molecule has 0 fully saturated rings. The lowest BCUT2D eigenvalue weighted by atomic mass is 10.1. The van der Waals surface area contributed by atoms with Crippen LogP contribution in [0.3, 0.4) is 0 Å². The van der Waals surface area contributed by atoms with Crippen molar-refractivity contribution in [3.05, 3.63) is 34.9 Å². The second-order valence-electron chi connectivity index (χ2n) is 5.80. The van der Waals surface area contributed by atoms with E-state index in [1.54, 1.807) is 0 Å². The Morgan fingerprint density at radius 1 is 1.32 bits per heavy atom. The van der Waals surface area contributed by atoms with Crippen molar-refractivity contribution in [3.63, 3.8) is 0 Å². The molecule has 1 aliphatic carbocycles. The van der Waals surface area contributed by atoms with Gasteiger partial charge in [0.1, 0.15) is 0 Å². The van der Waals surface area contributed by atoms with Crippen LogP contribution in [-0.2, 0) is 19.4 Å². The molecule has 0 bridgehead atoms. The highest BCUT2D eigenvalue weighted by atomic mass is 15.1. The molecule has 0 unspecified atom stereocenters. The average molecular weight is 259 g/mol. The average Bonchev–Trinajstić information content (AvgIpc) is 2.81. The van der Waals surface area contributed by atoms with Gasteiger partial charge in [0.15, 0.2) is 0 Å². The van der Waals surface area contributed by atoms with Gasteiger partial charge in [-0.3, -0.25) is 10.3 Å². The van der Waals surface area contributed by atoms with Crippen molar-refractivity contribution in [2.75, 3.05) is 6.54 Å². The second-order valence-corrected chi connectivity index (χ2v) is 5.80. The minimum absolute atomic E-state index is 0.277. The molecule has 0 amide bonds. The van der Waals surface area contributed by atoms with Gasteiger partial charge in [-0.2, -0.15) is 0 Å². The van der Waals surface area contributed by atoms with Gasteiger partial charge in [0.2, 0.25) is 0 Å². The van der Waals surface area contributed by atoms with Gasteiger partial charge in [0.05, 0.1) is 5.84 Å². The number of hydrogen-bond acceptors (Lipinski definition) is 2. The van der Waals surface area contributed by atoms with Crippen LogP contribution in [0.15, 0.2) is 18.2 Å². The van der Waals surface area contributed by atoms with E-state index in [2.05, 4.69) is 36.9 Å². The van der Waals surface area contributed by atoms with Gasteiger partial charge < -0.3 is 5.73 Å². The van der Waals surface area contributed by atoms with Gasteiger partial charge in [-0.05, 0) is 49.8 Å². The van der Waals surface area contributed by atoms with Crippen molar-refractivity contribution < 1.29 is 0 Å². The minimum Gasteiger partial charge on any atom is -0.388 e. The summed E-state index contributed by atoms with van der Waals surface area (Å²) < 4.78 is 0. The number of rotatable bonds is 6. The van der Waals surface area contributed by atoms with Crippen molar-refractivity contribution in [1.82, 2.24) is 4.90 Å². The summed E-state index contributed by atoms with van der Waals surface area (Å²) in [5, 5.41) is 7.36. The Hall–Kier alpha value is -1.35. The first-order valence-electron chi connectivity index (χ1n) is 7.24. The summed E-state index contributed by atoms with van der Waals surface area (Å²) in [5.41, 5.74) is 9.92. The SMILES string of the molecule is CC(C)N(CCC(=N)N)Cc1ccc2c(c1)CCC2. The number of hydrogen-bond donors (Lipinski definition) is 2. The first kappa shape index (κ1) is 14.1. The Bertz CT molecular complexity index is 451. The van der Waals surface area contributed by atoms with E-state index < -0.39 is 0 Å². The van der Waals surface area contributed by atoms with Gasteiger partial charge in [-0.15, -0.1) is 0 Å². The first-order valence-corrected chi connectivity index (χ1v) is 7.24. The van der Waals surface area contributed by atoms with Crippen molar-refractivity contribution in [3.8, 4) is 0 Å². The maximum Gasteiger partial charge on any atom is 0.0918 e. The second kappa shape index (κ2) is 6.20. The number of nitrogens with one attached hydrogen (secondary N) is 1. The number of fused-ring (bicyclic) bond motifs is 1. The Labute approximate surface area is 116 Å². The molecule has 19 heavy (non-hydrogen) atoms. The third-order valence-electron chi connectivity index (χ3n) is 3.95. The Morgan fingerprint density at radius 2 is 2.05 bits per heavy atom. The standard InChI is InChI=1S/C16H25N3/c1-12(2)19(9-8-16(17)18)11-13-6-7-14-4-3-5-15(14)10-13/h6-7,10,12H,3-5,8-9,11H2,1-2H3,(H3,17,18). The molecule has 0 atom stereocenters. The minimum atomic E-state index is 0.277. The largest absolute Gasteiger partial charge is 0.388 e. The van der Waals surface area contributed by atoms with Gasteiger partial charge in [0, 0.05) is 25.6 Å². The molecule has 0 spiro atoms. The molecule has 1 aromatic carbocycles. The first-order chi connectivity index (χ1) is 9.06. The predicted molar refractivity (Wildman–Crippen MR) is 80.5 cm³/mol. The molecular formula is C16H25N3. The van der Waals surface area contributed by atoms with E-state index in [0.717, 1.165) is 13.1 Å². The molecule has 0 aromatic heterocycles. The number of benzene rings is 1. The van der Waals surface area contributed by atoms with Gasteiger partial charge in [-0.1, -0.05) is 18.2 Å². The van der Waals surface area contributed by atoms with Crippen LogP contribution >= 0.6 is 0 Å². The molecule has 0 aliphatic heterocycles. The zero-order chi connectivity index (χ0) is 13.8. The van der Waals surface area contributed by atoms with Crippen LogP contribution in [0, 0.1) is 5.41 Å². The maximum absolute atomic E-state index is 7.36. The molecule has 0 heterocycles. The molecule has 1 aromatic rings. The van der Waals surface area contributed by atoms with Crippen LogP contribution in [-0.4, -0.2) is 23.3 Å². The van der Waals surface area contributed by atoms with Crippen LogP contribution < -0.4 is 5.73 Å². The number of nitrogens with two attached hydrogens (primary N) is 1. The number of amidine groups is 1. The molecule has 3 nitrogen and oxygen atoms in total. The predicted octanol–water partition coefficient (Wildman–Crippen LogP) is 2.71. The van der Waals surface area contributed by atoms with Crippen LogP contribution in [0.25, 0.3) is 0 Å². The normalized spacial score (nSPS) is 14.1. The fourth-order valence-corrected chi connectivity index (χ4v) is 2.74. The summed E-state index contributed by atoms with van der Waals surface area (Å²) in [6.45, 7) is 6.23. The number of aryl methyl sites for hydroxylation is 2. The van der Waals surface area contributed by atoms with Crippen LogP contribution in [0.1, 0.15) is 43.4 Å². The molecule has 104 valence electrons. The van der Waals surface area contributed by atoms with E-state index in [1.807, 2.05) is 0 Å². The van der Waals surface area contributed by atoms with Crippen molar-refractivity contribution in [2.24, 2.45) is 5.73 Å². The quantitative estimate of drug-likeness (QED) is 0.609. The zero-order valence-electron chi connectivity index (χ0n) is 12.1. The summed E-state index contributed by atoms with van der Waals surface area (Å²) in [7, 11) is 0. The third kappa shape index (κ3) is 3.80. The van der Waals surface area contributed by atoms with E-state index in [9.17, 15) is 0 Å². The smallest absolute Gasteiger partial charge is 0.0918 e. The Morgan fingerprint density at radius 3 is 2.74 bits per heavy atom. The van der Waals surface area contributed by atoms with Crippen molar-refractivity contribution in [2.45, 2.75) is 52.1 Å². The van der Waals surface area contributed by atoms with Crippen LogP contribution in [0.2, 0.25) is 0 Å². The molecule has 0 radical (unpaired) electrons. The van der Waals surface area contributed by atoms with E-state index in [1.165, 1.54) is 36.0 Å². The molecule has 0 saturated heterocycles. The number of nitrogens with zero attached hydrogens (tertiary/aromatic N) is 1. The van der Waals surface area contributed by atoms with Gasteiger partial charge in [-0.25, -0.2) is 0 Å². The van der Waals surface area contributed by atoms with E-state index >= 15 is 0 Å².